The Kier molecular flexibility index (Phi) is 8.79. The highest BCUT2D eigenvalue weighted by atomic mass is 35.5. The monoisotopic (exact) mass is 525 g/mol. The SMILES string of the molecule is Cc1ccccc1C1=CC=CC(COc2ccc(CNC(CO)CO)cc2Cl)(c2noc(CO)n2)C1C. The first kappa shape index (κ1) is 27.0. The van der Waals surface area contributed by atoms with Crippen molar-refractivity contribution in [2.24, 2.45) is 5.92 Å². The Bertz CT molecular complexity index is 1270. The van der Waals surface area contributed by atoms with Gasteiger partial charge < -0.3 is 29.9 Å². The van der Waals surface area contributed by atoms with Gasteiger partial charge in [-0.15, -0.1) is 0 Å². The van der Waals surface area contributed by atoms with Gasteiger partial charge in [-0.05, 0) is 41.3 Å². The van der Waals surface area contributed by atoms with Crippen molar-refractivity contribution >= 4 is 17.2 Å². The minimum absolute atomic E-state index is 0.0844. The van der Waals surface area contributed by atoms with Crippen LogP contribution < -0.4 is 10.1 Å². The van der Waals surface area contributed by atoms with Crippen LogP contribution in [0.4, 0.5) is 0 Å². The van der Waals surface area contributed by atoms with E-state index in [-0.39, 0.29) is 38.2 Å². The van der Waals surface area contributed by atoms with E-state index < -0.39 is 11.5 Å². The number of aliphatic hydroxyl groups is 3. The van der Waals surface area contributed by atoms with E-state index >= 15 is 0 Å². The average molecular weight is 526 g/mol. The normalized spacial score (nSPS) is 19.3. The predicted molar refractivity (Wildman–Crippen MR) is 141 cm³/mol. The Morgan fingerprint density at radius 3 is 2.62 bits per heavy atom. The van der Waals surface area contributed by atoms with Crippen molar-refractivity contribution in [2.45, 2.75) is 38.5 Å². The summed E-state index contributed by atoms with van der Waals surface area (Å²) in [5.74, 6) is 0.986. The molecular weight excluding hydrogens is 494 g/mol. The Labute approximate surface area is 221 Å². The third-order valence-electron chi connectivity index (χ3n) is 6.88. The van der Waals surface area contributed by atoms with E-state index in [1.54, 1.807) is 12.1 Å². The summed E-state index contributed by atoms with van der Waals surface area (Å²) in [5.41, 5.74) is 3.53. The molecule has 0 fully saturated rings. The van der Waals surface area contributed by atoms with Gasteiger partial charge in [-0.2, -0.15) is 4.98 Å². The first-order valence-corrected chi connectivity index (χ1v) is 12.5. The van der Waals surface area contributed by atoms with E-state index in [2.05, 4.69) is 47.5 Å². The highest BCUT2D eigenvalue weighted by Crippen LogP contribution is 2.44. The number of allylic oxidation sites excluding steroid dienone is 3. The number of aryl methyl sites for hydroxylation is 1. The highest BCUT2D eigenvalue weighted by molar-refractivity contribution is 6.32. The maximum atomic E-state index is 9.54. The first-order valence-electron chi connectivity index (χ1n) is 12.2. The van der Waals surface area contributed by atoms with Crippen LogP contribution in [0.15, 0.2) is 65.2 Å². The van der Waals surface area contributed by atoms with Crippen molar-refractivity contribution < 1.29 is 24.6 Å². The molecule has 8 nitrogen and oxygen atoms in total. The van der Waals surface area contributed by atoms with E-state index in [0.29, 0.717) is 23.1 Å². The molecule has 0 saturated heterocycles. The number of hydrogen-bond donors (Lipinski definition) is 4. The maximum absolute atomic E-state index is 9.54. The molecule has 0 aliphatic heterocycles. The van der Waals surface area contributed by atoms with Gasteiger partial charge in [0, 0.05) is 12.5 Å². The van der Waals surface area contributed by atoms with Crippen molar-refractivity contribution in [1.82, 2.24) is 15.5 Å². The van der Waals surface area contributed by atoms with Gasteiger partial charge in [0.1, 0.15) is 19.0 Å². The standard InChI is InChI=1S/C28H32ClN3O5/c1-18-6-3-4-7-22(18)23-8-5-11-28(19(23)2,27-31-26(16-35)37-32-27)17-36-25-10-9-20(12-24(25)29)13-30-21(14-33)15-34/h3-12,19,21,30,33-35H,13-17H2,1-2H3. The molecular formula is C28H32ClN3O5. The van der Waals surface area contributed by atoms with Gasteiger partial charge in [-0.3, -0.25) is 0 Å². The fourth-order valence-corrected chi connectivity index (χ4v) is 4.80. The molecule has 2 atom stereocenters. The molecule has 2 unspecified atom stereocenters. The van der Waals surface area contributed by atoms with Gasteiger partial charge in [-0.1, -0.05) is 72.2 Å². The quantitative estimate of drug-likeness (QED) is 0.300. The number of rotatable bonds is 11. The van der Waals surface area contributed by atoms with Crippen molar-refractivity contribution in [3.63, 3.8) is 0 Å². The molecule has 4 N–H and O–H groups in total. The lowest BCUT2D eigenvalue weighted by Crippen LogP contribution is -2.41. The first-order chi connectivity index (χ1) is 17.9. The summed E-state index contributed by atoms with van der Waals surface area (Å²) < 4.78 is 11.6. The van der Waals surface area contributed by atoms with Crippen LogP contribution in [0, 0.1) is 12.8 Å². The van der Waals surface area contributed by atoms with Crippen LogP contribution in [0.2, 0.25) is 5.02 Å². The van der Waals surface area contributed by atoms with Crippen LogP contribution in [-0.4, -0.2) is 51.3 Å². The molecule has 37 heavy (non-hydrogen) atoms. The van der Waals surface area contributed by atoms with Gasteiger partial charge >= 0.3 is 0 Å². The lowest BCUT2D eigenvalue weighted by Gasteiger charge is -2.37. The second-order valence-corrected chi connectivity index (χ2v) is 9.63. The zero-order chi connectivity index (χ0) is 26.4. The summed E-state index contributed by atoms with van der Waals surface area (Å²) >= 11 is 6.57. The average Bonchev–Trinajstić information content (AvgIpc) is 3.40. The molecule has 2 aromatic carbocycles. The Balaban J connectivity index is 1.61. The van der Waals surface area contributed by atoms with Crippen molar-refractivity contribution in [1.29, 1.82) is 0 Å². The lowest BCUT2D eigenvalue weighted by molar-refractivity contribution is 0.170. The number of halogens is 1. The van der Waals surface area contributed by atoms with Crippen LogP contribution in [0.25, 0.3) is 5.57 Å². The second-order valence-electron chi connectivity index (χ2n) is 9.22. The third-order valence-corrected chi connectivity index (χ3v) is 7.18. The van der Waals surface area contributed by atoms with Gasteiger partial charge in [0.15, 0.2) is 5.82 Å². The predicted octanol–water partition coefficient (Wildman–Crippen LogP) is 3.57. The Hall–Kier alpha value is -3.01. The zero-order valence-electron chi connectivity index (χ0n) is 20.9. The van der Waals surface area contributed by atoms with Gasteiger partial charge in [0.25, 0.3) is 5.89 Å². The van der Waals surface area contributed by atoms with Crippen LogP contribution in [0.1, 0.15) is 35.3 Å². The van der Waals surface area contributed by atoms with Crippen LogP contribution in [0.5, 0.6) is 5.75 Å². The summed E-state index contributed by atoms with van der Waals surface area (Å²) in [6.07, 6.45) is 6.09. The molecule has 1 heterocycles. The summed E-state index contributed by atoms with van der Waals surface area (Å²) in [4.78, 5) is 4.46. The molecule has 1 aliphatic carbocycles. The van der Waals surface area contributed by atoms with Gasteiger partial charge in [0.05, 0.1) is 29.7 Å². The molecule has 196 valence electrons. The van der Waals surface area contributed by atoms with Crippen molar-refractivity contribution in [2.75, 3.05) is 19.8 Å². The summed E-state index contributed by atoms with van der Waals surface area (Å²) in [6.45, 7) is 4.14. The van der Waals surface area contributed by atoms with Gasteiger partial charge in [0.2, 0.25) is 0 Å². The van der Waals surface area contributed by atoms with Crippen molar-refractivity contribution in [3.8, 4) is 5.75 Å². The molecule has 0 saturated carbocycles. The Morgan fingerprint density at radius 1 is 1.16 bits per heavy atom. The third kappa shape index (κ3) is 5.79. The summed E-state index contributed by atoms with van der Waals surface area (Å²) in [7, 11) is 0. The fraction of sp³-hybridized carbons (Fsp3) is 0.357. The lowest BCUT2D eigenvalue weighted by atomic mass is 9.68. The van der Waals surface area contributed by atoms with E-state index in [4.69, 9.17) is 20.9 Å². The van der Waals surface area contributed by atoms with Crippen LogP contribution >= 0.6 is 11.6 Å². The molecule has 9 heteroatoms. The molecule has 4 rings (SSSR count). The van der Waals surface area contributed by atoms with Crippen LogP contribution in [-0.2, 0) is 18.6 Å². The topological polar surface area (TPSA) is 121 Å². The number of nitrogens with zero attached hydrogens (tertiary/aromatic N) is 2. The molecule has 3 aromatic rings. The number of aromatic nitrogens is 2. The molecule has 1 aliphatic rings. The number of nitrogens with one attached hydrogen (secondary N) is 1. The summed E-state index contributed by atoms with van der Waals surface area (Å²) in [5, 5.41) is 35.7. The molecule has 0 radical (unpaired) electrons. The number of benzene rings is 2. The number of hydrogen-bond acceptors (Lipinski definition) is 8. The van der Waals surface area contributed by atoms with E-state index in [1.807, 2.05) is 30.4 Å². The van der Waals surface area contributed by atoms with E-state index in [9.17, 15) is 15.3 Å². The number of aliphatic hydroxyl groups excluding tert-OH is 3. The number of ether oxygens (including phenoxy) is 1. The second kappa shape index (κ2) is 12.0. The molecule has 1 aromatic heterocycles. The largest absolute Gasteiger partial charge is 0.491 e. The van der Waals surface area contributed by atoms with E-state index in [1.165, 1.54) is 0 Å². The van der Waals surface area contributed by atoms with Crippen molar-refractivity contribution in [3.05, 3.63) is 94.1 Å². The smallest absolute Gasteiger partial charge is 0.252 e. The minimum atomic E-state index is -0.775. The molecule has 0 bridgehead atoms. The zero-order valence-corrected chi connectivity index (χ0v) is 21.7. The molecule has 0 amide bonds. The van der Waals surface area contributed by atoms with Gasteiger partial charge in [-0.25, -0.2) is 0 Å². The van der Waals surface area contributed by atoms with Crippen LogP contribution in [0.3, 0.4) is 0 Å². The molecule has 0 spiro atoms. The summed E-state index contributed by atoms with van der Waals surface area (Å²) in [6, 6.07) is 13.3. The highest BCUT2D eigenvalue weighted by Gasteiger charge is 2.44. The minimum Gasteiger partial charge on any atom is -0.491 e. The Morgan fingerprint density at radius 2 is 1.95 bits per heavy atom. The van der Waals surface area contributed by atoms with E-state index in [0.717, 1.165) is 22.3 Å². The fourth-order valence-electron chi connectivity index (χ4n) is 4.54. The maximum Gasteiger partial charge on any atom is 0.252 e.